The monoisotopic (exact) mass is 524 g/mol. The zero-order valence-corrected chi connectivity index (χ0v) is 23.7. The third-order valence-electron chi connectivity index (χ3n) is 6.04. The molecule has 0 aromatic carbocycles. The predicted molar refractivity (Wildman–Crippen MR) is 139 cm³/mol. The Morgan fingerprint density at radius 3 is 2.57 bits per heavy atom. The first-order chi connectivity index (χ1) is 16.2. The molecule has 0 N–H and O–H groups in total. The molecule has 7 nitrogen and oxygen atoms in total. The van der Waals surface area contributed by atoms with Gasteiger partial charge in [-0.2, -0.15) is 0 Å². The van der Waals surface area contributed by atoms with Gasteiger partial charge in [-0.05, 0) is 51.3 Å². The smallest absolute Gasteiger partial charge is 0.410 e. The van der Waals surface area contributed by atoms with Crippen LogP contribution in [-0.4, -0.2) is 58.9 Å². The first-order valence-electron chi connectivity index (χ1n) is 12.2. The highest BCUT2D eigenvalue weighted by molar-refractivity contribution is 6.76. The number of carbonyl (C=O) groups excluding carboxylic acids is 1. The quantitative estimate of drug-likeness (QED) is 0.309. The fraction of sp³-hybridized carbons (Fsp3) is 0.640. The van der Waals surface area contributed by atoms with Crippen LogP contribution in [0.1, 0.15) is 45.7 Å². The molecule has 194 valence electrons. The lowest BCUT2D eigenvalue weighted by molar-refractivity contribution is 0.0148. The summed E-state index contributed by atoms with van der Waals surface area (Å²) in [6.45, 7) is 16.7. The van der Waals surface area contributed by atoms with Crippen LogP contribution < -0.4 is 0 Å². The summed E-state index contributed by atoms with van der Waals surface area (Å²) in [5.41, 5.74) is 0.868. The molecule has 0 saturated carbocycles. The summed E-state index contributed by atoms with van der Waals surface area (Å²) in [4.78, 5) is 23.2. The van der Waals surface area contributed by atoms with Crippen molar-refractivity contribution in [2.45, 2.75) is 78.1 Å². The standard InChI is InChI=1S/C25H38ClFN4O3Si/c1-17-15-30(24(32)34-25(2,3)4)11-10-19(17)21-22(26)29-23(20-9-8-18(27)14-28-20)31(21)16-33-12-13-35(5,6)7/h8-9,14,17,19H,10-13,15-16H2,1-7H3. The van der Waals surface area contributed by atoms with Crippen LogP contribution >= 0.6 is 11.6 Å². The van der Waals surface area contributed by atoms with Crippen LogP contribution in [-0.2, 0) is 16.2 Å². The molecule has 1 aliphatic rings. The van der Waals surface area contributed by atoms with Gasteiger partial charge in [-0.15, -0.1) is 0 Å². The lowest BCUT2D eigenvalue weighted by Gasteiger charge is -2.38. The minimum absolute atomic E-state index is 0.0727. The fourth-order valence-corrected chi connectivity index (χ4v) is 5.28. The van der Waals surface area contributed by atoms with Crippen LogP contribution in [0.2, 0.25) is 30.8 Å². The average molecular weight is 525 g/mol. The Morgan fingerprint density at radius 2 is 2.00 bits per heavy atom. The van der Waals surface area contributed by atoms with Gasteiger partial charge in [-0.25, -0.2) is 19.2 Å². The van der Waals surface area contributed by atoms with E-state index in [1.54, 1.807) is 11.0 Å². The first kappa shape index (κ1) is 27.6. The molecule has 2 atom stereocenters. The maximum absolute atomic E-state index is 13.5. The van der Waals surface area contributed by atoms with Gasteiger partial charge in [0.05, 0.1) is 11.9 Å². The van der Waals surface area contributed by atoms with Gasteiger partial charge in [-0.3, -0.25) is 0 Å². The van der Waals surface area contributed by atoms with E-state index in [2.05, 4.69) is 36.5 Å². The molecule has 2 unspecified atom stereocenters. The Kier molecular flexibility index (Phi) is 8.65. The number of amides is 1. The van der Waals surface area contributed by atoms with Gasteiger partial charge in [-0.1, -0.05) is 38.2 Å². The maximum atomic E-state index is 13.5. The lowest BCUT2D eigenvalue weighted by atomic mass is 9.84. The van der Waals surface area contributed by atoms with Crippen molar-refractivity contribution in [1.29, 1.82) is 0 Å². The second kappa shape index (κ2) is 11.0. The molecule has 10 heteroatoms. The summed E-state index contributed by atoms with van der Waals surface area (Å²) in [5, 5.41) is 0.391. The summed E-state index contributed by atoms with van der Waals surface area (Å²) < 4.78 is 27.1. The van der Waals surface area contributed by atoms with Gasteiger partial charge in [0.25, 0.3) is 0 Å². The van der Waals surface area contributed by atoms with E-state index in [0.29, 0.717) is 36.4 Å². The maximum Gasteiger partial charge on any atom is 0.410 e. The van der Waals surface area contributed by atoms with Crippen molar-refractivity contribution in [3.05, 3.63) is 35.0 Å². The zero-order chi connectivity index (χ0) is 26.0. The number of hydrogen-bond donors (Lipinski definition) is 0. The zero-order valence-electron chi connectivity index (χ0n) is 21.9. The number of aromatic nitrogens is 3. The predicted octanol–water partition coefficient (Wildman–Crippen LogP) is 6.41. The van der Waals surface area contributed by atoms with E-state index < -0.39 is 19.5 Å². The van der Waals surface area contributed by atoms with Crippen molar-refractivity contribution >= 4 is 25.8 Å². The minimum Gasteiger partial charge on any atom is -0.444 e. The molecule has 3 rings (SSSR count). The Labute approximate surface area is 214 Å². The number of rotatable bonds is 7. The Bertz CT molecular complexity index is 1020. The van der Waals surface area contributed by atoms with Crippen LogP contribution in [0.25, 0.3) is 11.5 Å². The van der Waals surface area contributed by atoms with Gasteiger partial charge in [0, 0.05) is 33.7 Å². The number of piperidine rings is 1. The van der Waals surface area contributed by atoms with Crippen molar-refractivity contribution in [1.82, 2.24) is 19.4 Å². The van der Waals surface area contributed by atoms with E-state index in [4.69, 9.17) is 21.1 Å². The van der Waals surface area contributed by atoms with Crippen molar-refractivity contribution in [3.8, 4) is 11.5 Å². The number of carbonyl (C=O) groups is 1. The van der Waals surface area contributed by atoms with Crippen molar-refractivity contribution in [3.63, 3.8) is 0 Å². The average Bonchev–Trinajstić information content (AvgIpc) is 3.05. The topological polar surface area (TPSA) is 69.5 Å². The number of hydrogen-bond acceptors (Lipinski definition) is 5. The largest absolute Gasteiger partial charge is 0.444 e. The second-order valence-corrected chi connectivity index (χ2v) is 17.5. The van der Waals surface area contributed by atoms with E-state index in [0.717, 1.165) is 18.2 Å². The molecule has 1 aliphatic heterocycles. The van der Waals surface area contributed by atoms with Crippen molar-refractivity contribution in [2.24, 2.45) is 5.92 Å². The van der Waals surface area contributed by atoms with E-state index >= 15 is 0 Å². The van der Waals surface area contributed by atoms with Crippen molar-refractivity contribution in [2.75, 3.05) is 19.7 Å². The summed E-state index contributed by atoms with van der Waals surface area (Å²) >= 11 is 6.71. The van der Waals surface area contributed by atoms with Gasteiger partial charge < -0.3 is 18.9 Å². The minimum atomic E-state index is -1.25. The van der Waals surface area contributed by atoms with E-state index in [9.17, 15) is 9.18 Å². The third-order valence-corrected chi connectivity index (χ3v) is 8.03. The summed E-state index contributed by atoms with van der Waals surface area (Å²) in [7, 11) is -1.25. The van der Waals surface area contributed by atoms with E-state index in [1.807, 2.05) is 25.3 Å². The molecule has 1 fully saturated rings. The van der Waals surface area contributed by atoms with Gasteiger partial charge in [0.2, 0.25) is 0 Å². The molecule has 2 aromatic rings. The molecule has 0 aliphatic carbocycles. The molecule has 0 radical (unpaired) electrons. The molecule has 1 amide bonds. The highest BCUT2D eigenvalue weighted by atomic mass is 35.5. The van der Waals surface area contributed by atoms with Crippen LogP contribution in [0.5, 0.6) is 0 Å². The van der Waals surface area contributed by atoms with Crippen LogP contribution in [0.15, 0.2) is 18.3 Å². The number of ether oxygens (including phenoxy) is 2. The number of likely N-dealkylation sites (tertiary alicyclic amines) is 1. The molecule has 2 aromatic heterocycles. The number of halogens is 2. The van der Waals surface area contributed by atoms with E-state index in [1.165, 1.54) is 12.3 Å². The number of imidazole rings is 1. The molecular weight excluding hydrogens is 487 g/mol. The molecule has 35 heavy (non-hydrogen) atoms. The van der Waals surface area contributed by atoms with Crippen LogP contribution in [0, 0.1) is 11.7 Å². The summed E-state index contributed by atoms with van der Waals surface area (Å²) in [5.74, 6) is 0.344. The molecular formula is C25H38ClFN4O3Si. The third kappa shape index (κ3) is 7.51. The highest BCUT2D eigenvalue weighted by Gasteiger charge is 2.36. The Hall–Kier alpha value is -1.97. The Balaban J connectivity index is 1.86. The molecule has 3 heterocycles. The van der Waals surface area contributed by atoms with E-state index in [-0.39, 0.29) is 24.7 Å². The van der Waals surface area contributed by atoms with Crippen LogP contribution in [0.4, 0.5) is 9.18 Å². The fourth-order valence-electron chi connectivity index (χ4n) is 4.20. The summed E-state index contributed by atoms with van der Waals surface area (Å²) in [6.07, 6.45) is 1.60. The number of nitrogens with zero attached hydrogens (tertiary/aromatic N) is 4. The van der Waals surface area contributed by atoms with Gasteiger partial charge >= 0.3 is 6.09 Å². The lowest BCUT2D eigenvalue weighted by Crippen LogP contribution is -2.44. The van der Waals surface area contributed by atoms with Gasteiger partial charge in [0.1, 0.15) is 23.8 Å². The SMILES string of the molecule is CC1CN(C(=O)OC(C)(C)C)CCC1c1c(Cl)nc(-c2ccc(F)cn2)n1COCC[Si](C)(C)C. The molecule has 0 spiro atoms. The normalized spacial score (nSPS) is 19.2. The Morgan fingerprint density at radius 1 is 1.29 bits per heavy atom. The molecule has 1 saturated heterocycles. The van der Waals surface area contributed by atoms with Crippen LogP contribution in [0.3, 0.4) is 0 Å². The van der Waals surface area contributed by atoms with Gasteiger partial charge in [0.15, 0.2) is 11.0 Å². The summed E-state index contributed by atoms with van der Waals surface area (Å²) in [6, 6.07) is 4.01. The van der Waals surface area contributed by atoms with Crippen molar-refractivity contribution < 1.29 is 18.7 Å². The number of pyridine rings is 1. The second-order valence-electron chi connectivity index (χ2n) is 11.5. The molecule has 0 bridgehead atoms. The first-order valence-corrected chi connectivity index (χ1v) is 16.3. The highest BCUT2D eigenvalue weighted by Crippen LogP contribution is 2.39.